The molecule has 0 aliphatic carbocycles. The molecule has 0 aromatic heterocycles. The van der Waals surface area contributed by atoms with Crippen LogP contribution in [0.4, 0.5) is 0 Å². The maximum Gasteiger partial charge on any atom is 0.123 e. The molecule has 1 heteroatoms. The molecule has 0 fully saturated rings. The van der Waals surface area contributed by atoms with Gasteiger partial charge in [0.15, 0.2) is 0 Å². The number of aliphatic hydroxyl groups is 1. The summed E-state index contributed by atoms with van der Waals surface area (Å²) in [5.74, 6) is 10.4. The Hall–Kier alpha value is -0.920. The first-order chi connectivity index (χ1) is 4.62. The van der Waals surface area contributed by atoms with Gasteiger partial charge in [-0.3, -0.25) is 0 Å². The fourth-order valence-electron chi connectivity index (χ4n) is 0.317. The highest BCUT2D eigenvalue weighted by molar-refractivity contribution is 5.28. The summed E-state index contributed by atoms with van der Waals surface area (Å²) < 4.78 is 0. The molecule has 0 amide bonds. The summed E-state index contributed by atoms with van der Waals surface area (Å²) in [6, 6.07) is 0. The topological polar surface area (TPSA) is 20.2 Å². The molecule has 0 saturated heterocycles. The molecule has 10 heavy (non-hydrogen) atoms. The fourth-order valence-corrected chi connectivity index (χ4v) is 0.317. The minimum absolute atomic E-state index is 0.630. The molecule has 0 bridgehead atoms. The van der Waals surface area contributed by atoms with E-state index in [-0.39, 0.29) is 0 Å². The van der Waals surface area contributed by atoms with Crippen LogP contribution in [0.1, 0.15) is 27.2 Å². The van der Waals surface area contributed by atoms with Gasteiger partial charge >= 0.3 is 0 Å². The lowest BCUT2D eigenvalue weighted by Crippen LogP contribution is -2.19. The summed E-state index contributed by atoms with van der Waals surface area (Å²) in [7, 11) is 0. The molecule has 1 atom stereocenters. The van der Waals surface area contributed by atoms with Crippen molar-refractivity contribution in [2.45, 2.75) is 32.8 Å². The van der Waals surface area contributed by atoms with E-state index in [1.807, 2.05) is 6.92 Å². The van der Waals surface area contributed by atoms with Crippen molar-refractivity contribution in [1.29, 1.82) is 0 Å². The van der Waals surface area contributed by atoms with E-state index in [4.69, 9.17) is 0 Å². The van der Waals surface area contributed by atoms with Crippen LogP contribution in [0.2, 0.25) is 0 Å². The second kappa shape index (κ2) is 3.99. The lowest BCUT2D eigenvalue weighted by atomic mass is 10.1. The Morgan fingerprint density at radius 3 is 2.40 bits per heavy atom. The van der Waals surface area contributed by atoms with Gasteiger partial charge in [0.05, 0.1) is 0 Å². The molecule has 54 valence electrons. The standard InChI is InChI=1S/C9H12O/c1-4-6-7-8-9(3,10)5-2/h10H,5H2,1-3H3/t9-/m1/s1. The zero-order chi connectivity index (χ0) is 8.04. The van der Waals surface area contributed by atoms with Crippen molar-refractivity contribution in [3.63, 3.8) is 0 Å². The predicted octanol–water partition coefficient (Wildman–Crippen LogP) is 1.17. The molecule has 0 radical (unpaired) electrons. The van der Waals surface area contributed by atoms with Crippen molar-refractivity contribution in [1.82, 2.24) is 0 Å². The first kappa shape index (κ1) is 9.08. The monoisotopic (exact) mass is 136 g/mol. The molecular formula is C9H12O. The van der Waals surface area contributed by atoms with Crippen LogP contribution >= 0.6 is 0 Å². The van der Waals surface area contributed by atoms with E-state index in [0.29, 0.717) is 6.42 Å². The lowest BCUT2D eigenvalue weighted by Gasteiger charge is -2.10. The van der Waals surface area contributed by atoms with Gasteiger partial charge in [-0.15, -0.1) is 0 Å². The predicted molar refractivity (Wildman–Crippen MR) is 42.1 cm³/mol. The van der Waals surface area contributed by atoms with Crippen LogP contribution in [0.15, 0.2) is 0 Å². The van der Waals surface area contributed by atoms with Crippen molar-refractivity contribution in [3.8, 4) is 23.7 Å². The summed E-state index contributed by atoms with van der Waals surface area (Å²) in [5.41, 5.74) is -0.871. The molecule has 0 spiro atoms. The second-order valence-electron chi connectivity index (χ2n) is 2.25. The van der Waals surface area contributed by atoms with E-state index in [1.165, 1.54) is 0 Å². The molecule has 0 saturated carbocycles. The van der Waals surface area contributed by atoms with Gasteiger partial charge in [0.2, 0.25) is 0 Å². The molecule has 0 aromatic rings. The summed E-state index contributed by atoms with van der Waals surface area (Å²) in [6.45, 7) is 5.28. The van der Waals surface area contributed by atoms with Crippen LogP contribution in [-0.2, 0) is 0 Å². The maximum atomic E-state index is 9.31. The molecular weight excluding hydrogens is 124 g/mol. The van der Waals surface area contributed by atoms with Crippen molar-refractivity contribution in [2.75, 3.05) is 0 Å². The van der Waals surface area contributed by atoms with Crippen LogP contribution in [-0.4, -0.2) is 10.7 Å². The van der Waals surface area contributed by atoms with Crippen LogP contribution in [0, 0.1) is 23.7 Å². The van der Waals surface area contributed by atoms with Gasteiger partial charge in [-0.1, -0.05) is 18.8 Å². The molecule has 0 unspecified atom stereocenters. The van der Waals surface area contributed by atoms with E-state index < -0.39 is 5.60 Å². The summed E-state index contributed by atoms with van der Waals surface area (Å²) in [5, 5.41) is 9.31. The highest BCUT2D eigenvalue weighted by Crippen LogP contribution is 2.04. The number of hydrogen-bond acceptors (Lipinski definition) is 1. The molecule has 0 aromatic carbocycles. The number of rotatable bonds is 1. The van der Waals surface area contributed by atoms with Crippen LogP contribution in [0.25, 0.3) is 0 Å². The Bertz CT molecular complexity index is 204. The second-order valence-corrected chi connectivity index (χ2v) is 2.25. The molecule has 0 aliphatic rings. The smallest absolute Gasteiger partial charge is 0.123 e. The molecule has 0 rings (SSSR count). The Balaban J connectivity index is 4.10. The quantitative estimate of drug-likeness (QED) is 0.536. The van der Waals surface area contributed by atoms with Crippen molar-refractivity contribution >= 4 is 0 Å². The summed E-state index contributed by atoms with van der Waals surface area (Å²) in [4.78, 5) is 0. The largest absolute Gasteiger partial charge is 0.378 e. The SMILES string of the molecule is CC#CC#C[C@](C)(O)CC. The maximum absolute atomic E-state index is 9.31. The molecule has 0 heterocycles. The van der Waals surface area contributed by atoms with Crippen molar-refractivity contribution in [2.24, 2.45) is 0 Å². The highest BCUT2D eigenvalue weighted by Gasteiger charge is 2.11. The van der Waals surface area contributed by atoms with Crippen LogP contribution < -0.4 is 0 Å². The van der Waals surface area contributed by atoms with Gasteiger partial charge in [0, 0.05) is 0 Å². The van der Waals surface area contributed by atoms with E-state index in [1.54, 1.807) is 13.8 Å². The van der Waals surface area contributed by atoms with E-state index in [9.17, 15) is 5.11 Å². The normalized spacial score (nSPS) is 13.6. The zero-order valence-corrected chi connectivity index (χ0v) is 6.65. The van der Waals surface area contributed by atoms with Crippen LogP contribution in [0.5, 0.6) is 0 Å². The van der Waals surface area contributed by atoms with Gasteiger partial charge in [0.25, 0.3) is 0 Å². The lowest BCUT2D eigenvalue weighted by molar-refractivity contribution is 0.118. The zero-order valence-electron chi connectivity index (χ0n) is 6.65. The van der Waals surface area contributed by atoms with Gasteiger partial charge in [-0.25, -0.2) is 0 Å². The minimum Gasteiger partial charge on any atom is -0.378 e. The Kier molecular flexibility index (Phi) is 3.62. The first-order valence-corrected chi connectivity index (χ1v) is 3.28. The highest BCUT2D eigenvalue weighted by atomic mass is 16.3. The minimum atomic E-state index is -0.871. The Morgan fingerprint density at radius 1 is 1.40 bits per heavy atom. The van der Waals surface area contributed by atoms with E-state index >= 15 is 0 Å². The van der Waals surface area contributed by atoms with Gasteiger partial charge in [0.1, 0.15) is 5.60 Å². The van der Waals surface area contributed by atoms with Crippen molar-refractivity contribution < 1.29 is 5.11 Å². The Labute approximate surface area is 62.5 Å². The van der Waals surface area contributed by atoms with Gasteiger partial charge < -0.3 is 5.11 Å². The Morgan fingerprint density at radius 2 is 2.00 bits per heavy atom. The van der Waals surface area contributed by atoms with E-state index in [0.717, 1.165) is 0 Å². The van der Waals surface area contributed by atoms with Crippen molar-refractivity contribution in [3.05, 3.63) is 0 Å². The van der Waals surface area contributed by atoms with Gasteiger partial charge in [-0.2, -0.15) is 0 Å². The number of hydrogen-bond donors (Lipinski definition) is 1. The fraction of sp³-hybridized carbons (Fsp3) is 0.556. The summed E-state index contributed by atoms with van der Waals surface area (Å²) in [6.07, 6.45) is 0.630. The van der Waals surface area contributed by atoms with Gasteiger partial charge in [-0.05, 0) is 32.1 Å². The third kappa shape index (κ3) is 4.01. The molecule has 0 aliphatic heterocycles. The van der Waals surface area contributed by atoms with E-state index in [2.05, 4.69) is 23.7 Å². The third-order valence-corrected chi connectivity index (χ3v) is 1.21. The third-order valence-electron chi connectivity index (χ3n) is 1.21. The molecule has 1 N–H and O–H groups in total. The van der Waals surface area contributed by atoms with Crippen LogP contribution in [0.3, 0.4) is 0 Å². The average molecular weight is 136 g/mol. The average Bonchev–Trinajstić information content (AvgIpc) is 1.89. The molecule has 1 nitrogen and oxygen atoms in total. The first-order valence-electron chi connectivity index (χ1n) is 3.28. The summed E-state index contributed by atoms with van der Waals surface area (Å²) >= 11 is 0.